The maximum absolute atomic E-state index is 11.9. The van der Waals surface area contributed by atoms with Gasteiger partial charge in [-0.15, -0.1) is 0 Å². The van der Waals surface area contributed by atoms with Gasteiger partial charge in [0.2, 0.25) is 0 Å². The lowest BCUT2D eigenvalue weighted by molar-refractivity contribution is -0.307. The van der Waals surface area contributed by atoms with Gasteiger partial charge >= 0.3 is 0 Å². The average Bonchev–Trinajstić information content (AvgIpc) is 2.31. The molecule has 4 nitrogen and oxygen atoms in total. The van der Waals surface area contributed by atoms with Crippen molar-refractivity contribution in [1.29, 1.82) is 0 Å². The number of hydrogen-bond acceptors (Lipinski definition) is 4. The molecule has 0 bridgehead atoms. The van der Waals surface area contributed by atoms with Crippen LogP contribution in [-0.4, -0.2) is 23.2 Å². The van der Waals surface area contributed by atoms with E-state index < -0.39 is 12.6 Å². The molecule has 0 heterocycles. The Balaban J connectivity index is 2.23. The molecule has 1 unspecified atom stereocenters. The summed E-state index contributed by atoms with van der Waals surface area (Å²) in [4.78, 5) is 22.0. The van der Waals surface area contributed by atoms with Crippen LogP contribution in [0.1, 0.15) is 22.3 Å². The lowest BCUT2D eigenvalue weighted by Gasteiger charge is -2.19. The molecule has 0 N–H and O–H groups in total. The number of aliphatic carboxylic acids is 1. The summed E-state index contributed by atoms with van der Waals surface area (Å²) in [5.74, 6) is -0.888. The summed E-state index contributed by atoms with van der Waals surface area (Å²) in [6.07, 6.45) is 1.61. The van der Waals surface area contributed by atoms with Gasteiger partial charge in [-0.25, -0.2) is 0 Å². The first kappa shape index (κ1) is 12.1. The van der Waals surface area contributed by atoms with Gasteiger partial charge in [-0.2, -0.15) is 0 Å². The van der Waals surface area contributed by atoms with Gasteiger partial charge in [-0.1, -0.05) is 22.0 Å². The van der Waals surface area contributed by atoms with Crippen LogP contribution in [0.3, 0.4) is 0 Å². The van der Waals surface area contributed by atoms with Crippen molar-refractivity contribution in [3.63, 3.8) is 0 Å². The topological polar surface area (TPSA) is 66.4 Å². The minimum absolute atomic E-state index is 0.0187. The molecular weight excluding hydrogens is 288 g/mol. The van der Waals surface area contributed by atoms with Crippen molar-refractivity contribution >= 4 is 27.7 Å². The maximum Gasteiger partial charge on any atom is 0.176 e. The Morgan fingerprint density at radius 3 is 3.00 bits per heavy atom. The third kappa shape index (κ3) is 2.66. The number of rotatable bonds is 3. The summed E-state index contributed by atoms with van der Waals surface area (Å²) in [5.41, 5.74) is 1.58. The first-order valence-electron chi connectivity index (χ1n) is 5.22. The zero-order chi connectivity index (χ0) is 12.4. The minimum atomic E-state index is -1.28. The number of carbonyl (C=O) groups is 2. The van der Waals surface area contributed by atoms with Crippen molar-refractivity contribution in [3.05, 3.63) is 29.3 Å². The number of fused-ring (bicyclic) bond motifs is 1. The van der Waals surface area contributed by atoms with Crippen LogP contribution in [0.4, 0.5) is 0 Å². The average molecular weight is 298 g/mol. The molecule has 0 amide bonds. The highest BCUT2D eigenvalue weighted by molar-refractivity contribution is 9.10. The summed E-state index contributed by atoms with van der Waals surface area (Å²) in [6.45, 7) is -0.509. The number of Topliss-reactive ketones (excluding diaryl/α,β-unsaturated/α-hetero) is 1. The Kier molecular flexibility index (Phi) is 3.47. The van der Waals surface area contributed by atoms with E-state index in [1.807, 2.05) is 0 Å². The molecule has 1 aromatic rings. The van der Waals surface area contributed by atoms with E-state index >= 15 is 0 Å². The predicted molar refractivity (Wildman–Crippen MR) is 62.3 cm³/mol. The van der Waals surface area contributed by atoms with E-state index in [2.05, 4.69) is 15.9 Å². The summed E-state index contributed by atoms with van der Waals surface area (Å²) >= 11 is 3.32. The normalized spacial score (nSPS) is 18.6. The van der Waals surface area contributed by atoms with E-state index in [9.17, 15) is 14.7 Å². The first-order chi connectivity index (χ1) is 8.08. The third-order valence-electron chi connectivity index (χ3n) is 2.66. The molecule has 0 saturated carbocycles. The second-order valence-corrected chi connectivity index (χ2v) is 4.96. The van der Waals surface area contributed by atoms with Crippen LogP contribution in [0.15, 0.2) is 18.2 Å². The second-order valence-electron chi connectivity index (χ2n) is 3.85. The highest BCUT2D eigenvalue weighted by Crippen LogP contribution is 2.28. The number of carboxylic acids is 1. The minimum Gasteiger partial charge on any atom is -0.546 e. The van der Waals surface area contributed by atoms with Gasteiger partial charge in [-0.3, -0.25) is 4.79 Å². The molecule has 1 aliphatic carbocycles. The SMILES string of the molecule is O=C([O-])COc1ccc2c(c1)C(=O)C(Br)CC2. The van der Waals surface area contributed by atoms with Crippen LogP contribution in [0.25, 0.3) is 0 Å². The largest absolute Gasteiger partial charge is 0.546 e. The number of ketones is 1. The van der Waals surface area contributed by atoms with E-state index in [-0.39, 0.29) is 10.6 Å². The molecule has 17 heavy (non-hydrogen) atoms. The van der Waals surface area contributed by atoms with Crippen molar-refractivity contribution in [2.75, 3.05) is 6.61 Å². The van der Waals surface area contributed by atoms with Crippen LogP contribution in [0, 0.1) is 0 Å². The Bertz CT molecular complexity index is 470. The fourth-order valence-corrected chi connectivity index (χ4v) is 2.29. The summed E-state index contributed by atoms with van der Waals surface area (Å²) < 4.78 is 4.99. The molecule has 5 heteroatoms. The van der Waals surface area contributed by atoms with Crippen LogP contribution in [0.2, 0.25) is 0 Å². The molecule has 0 spiro atoms. The highest BCUT2D eigenvalue weighted by Gasteiger charge is 2.25. The lowest BCUT2D eigenvalue weighted by atomic mass is 9.90. The monoisotopic (exact) mass is 297 g/mol. The zero-order valence-electron chi connectivity index (χ0n) is 8.94. The molecule has 2 rings (SSSR count). The summed E-state index contributed by atoms with van der Waals surface area (Å²) in [5, 5.41) is 10.3. The van der Waals surface area contributed by atoms with Crippen LogP contribution >= 0.6 is 15.9 Å². The molecule has 0 aliphatic heterocycles. The highest BCUT2D eigenvalue weighted by atomic mass is 79.9. The van der Waals surface area contributed by atoms with Gasteiger partial charge in [0.1, 0.15) is 12.4 Å². The predicted octanol–water partition coefficient (Wildman–Crippen LogP) is 0.708. The Hall–Kier alpha value is -1.36. The molecule has 1 aromatic carbocycles. The third-order valence-corrected chi connectivity index (χ3v) is 3.53. The van der Waals surface area contributed by atoms with Gasteiger partial charge in [-0.05, 0) is 30.5 Å². The van der Waals surface area contributed by atoms with Gasteiger partial charge in [0.25, 0.3) is 0 Å². The Labute approximate surface area is 107 Å². The summed E-state index contributed by atoms with van der Waals surface area (Å²) in [6, 6.07) is 5.06. The smallest absolute Gasteiger partial charge is 0.176 e. The number of alkyl halides is 1. The van der Waals surface area contributed by atoms with Gasteiger partial charge in [0.05, 0.1) is 10.8 Å². The molecule has 0 saturated heterocycles. The number of halogens is 1. The van der Waals surface area contributed by atoms with E-state index in [4.69, 9.17) is 4.74 Å². The zero-order valence-corrected chi connectivity index (χ0v) is 10.5. The molecule has 1 aliphatic rings. The lowest BCUT2D eigenvalue weighted by Crippen LogP contribution is -2.29. The standard InChI is InChI=1S/C12H11BrO4/c13-10-4-2-7-1-3-8(17-6-11(14)15)5-9(7)12(10)16/h1,3,5,10H,2,4,6H2,(H,14,15)/p-1. The van der Waals surface area contributed by atoms with Crippen LogP contribution in [-0.2, 0) is 11.2 Å². The molecule has 0 aromatic heterocycles. The Morgan fingerprint density at radius 1 is 1.53 bits per heavy atom. The van der Waals surface area contributed by atoms with Crippen molar-refractivity contribution < 1.29 is 19.4 Å². The van der Waals surface area contributed by atoms with E-state index in [1.165, 1.54) is 0 Å². The maximum atomic E-state index is 11.9. The first-order valence-corrected chi connectivity index (χ1v) is 6.13. The number of hydrogen-bond donors (Lipinski definition) is 0. The Morgan fingerprint density at radius 2 is 2.29 bits per heavy atom. The molecular formula is C12H10BrO4-. The molecule has 0 radical (unpaired) electrons. The molecule has 0 fully saturated rings. The van der Waals surface area contributed by atoms with Crippen molar-refractivity contribution in [2.45, 2.75) is 17.7 Å². The summed E-state index contributed by atoms with van der Waals surface area (Å²) in [7, 11) is 0. The van der Waals surface area contributed by atoms with Gasteiger partial charge in [0.15, 0.2) is 5.78 Å². The van der Waals surface area contributed by atoms with E-state index in [1.54, 1.807) is 18.2 Å². The second kappa shape index (κ2) is 4.87. The van der Waals surface area contributed by atoms with Crippen molar-refractivity contribution in [1.82, 2.24) is 0 Å². The number of carbonyl (C=O) groups excluding carboxylic acids is 2. The number of ether oxygens (including phenoxy) is 1. The van der Waals surface area contributed by atoms with E-state index in [0.29, 0.717) is 11.3 Å². The van der Waals surface area contributed by atoms with Crippen LogP contribution < -0.4 is 9.84 Å². The van der Waals surface area contributed by atoms with Crippen molar-refractivity contribution in [2.24, 2.45) is 0 Å². The quantitative estimate of drug-likeness (QED) is 0.771. The van der Waals surface area contributed by atoms with E-state index in [0.717, 1.165) is 18.4 Å². The number of benzene rings is 1. The fraction of sp³-hybridized carbons (Fsp3) is 0.333. The number of carboxylic acid groups (broad SMARTS) is 1. The molecule has 90 valence electrons. The number of aryl methyl sites for hydroxylation is 1. The van der Waals surface area contributed by atoms with Crippen LogP contribution in [0.5, 0.6) is 5.75 Å². The van der Waals surface area contributed by atoms with Gasteiger partial charge in [0, 0.05) is 5.56 Å². The van der Waals surface area contributed by atoms with Crippen molar-refractivity contribution in [3.8, 4) is 5.75 Å². The fourth-order valence-electron chi connectivity index (χ4n) is 1.82. The molecule has 1 atom stereocenters. The van der Waals surface area contributed by atoms with Gasteiger partial charge < -0.3 is 14.6 Å².